The molecule has 0 saturated carbocycles. The molecule has 2 aromatic carbocycles. The second kappa shape index (κ2) is 9.14. The van der Waals surface area contributed by atoms with Gasteiger partial charge in [-0.25, -0.2) is 4.39 Å². The van der Waals surface area contributed by atoms with E-state index in [9.17, 15) is 14.0 Å². The van der Waals surface area contributed by atoms with Crippen molar-refractivity contribution >= 4 is 17.5 Å². The first kappa shape index (κ1) is 18.8. The molecule has 2 aromatic rings. The Kier molecular flexibility index (Phi) is 6.38. The second-order valence-corrected chi connectivity index (χ2v) is 6.18. The van der Waals surface area contributed by atoms with E-state index in [-0.39, 0.29) is 24.4 Å². The monoisotopic (exact) mass is 372 g/mol. The quantitative estimate of drug-likeness (QED) is 0.784. The largest absolute Gasteiger partial charge is 0.483 e. The van der Waals surface area contributed by atoms with Crippen LogP contribution in [0.15, 0.2) is 48.5 Å². The van der Waals surface area contributed by atoms with Gasteiger partial charge in [0.05, 0.1) is 11.7 Å². The highest BCUT2D eigenvalue weighted by Gasteiger charge is 2.18. The molecule has 7 heteroatoms. The number of nitrogens with one attached hydrogen (secondary N) is 2. The summed E-state index contributed by atoms with van der Waals surface area (Å²) in [5, 5.41) is 5.44. The normalized spacial score (nSPS) is 16.0. The maximum absolute atomic E-state index is 12.9. The summed E-state index contributed by atoms with van der Waals surface area (Å²) >= 11 is 0. The van der Waals surface area contributed by atoms with Gasteiger partial charge in [-0.05, 0) is 49.2 Å². The van der Waals surface area contributed by atoms with Gasteiger partial charge < -0.3 is 20.1 Å². The highest BCUT2D eigenvalue weighted by molar-refractivity contribution is 5.97. The molecule has 1 saturated heterocycles. The molecule has 2 N–H and O–H groups in total. The summed E-state index contributed by atoms with van der Waals surface area (Å²) in [4.78, 5) is 24.4. The van der Waals surface area contributed by atoms with Crippen molar-refractivity contribution in [2.75, 3.05) is 25.1 Å². The molecule has 1 atom stereocenters. The molecule has 3 rings (SSSR count). The van der Waals surface area contributed by atoms with Crippen LogP contribution in [0.2, 0.25) is 0 Å². The minimum absolute atomic E-state index is 0.0449. The molecule has 0 spiro atoms. The molecule has 0 radical (unpaired) electrons. The Bertz CT molecular complexity index is 789. The topological polar surface area (TPSA) is 76.7 Å². The Balaban J connectivity index is 1.54. The number of para-hydroxylation sites is 1. The van der Waals surface area contributed by atoms with Gasteiger partial charge in [-0.15, -0.1) is 0 Å². The van der Waals surface area contributed by atoms with Crippen molar-refractivity contribution in [3.8, 4) is 5.75 Å². The average molecular weight is 372 g/mol. The Morgan fingerprint density at radius 2 is 1.93 bits per heavy atom. The summed E-state index contributed by atoms with van der Waals surface area (Å²) in [5.41, 5.74) is 0.817. The third kappa shape index (κ3) is 5.52. The summed E-state index contributed by atoms with van der Waals surface area (Å²) in [6.45, 7) is 0.898. The number of hydrogen-bond acceptors (Lipinski definition) is 4. The molecule has 1 fully saturated rings. The highest BCUT2D eigenvalue weighted by Crippen LogP contribution is 2.18. The molecule has 0 bridgehead atoms. The van der Waals surface area contributed by atoms with Gasteiger partial charge in [0.25, 0.3) is 11.8 Å². The van der Waals surface area contributed by atoms with E-state index in [1.165, 1.54) is 24.3 Å². The van der Waals surface area contributed by atoms with Gasteiger partial charge in [-0.3, -0.25) is 9.59 Å². The molecule has 1 aliphatic heterocycles. The van der Waals surface area contributed by atoms with E-state index in [1.54, 1.807) is 24.3 Å². The summed E-state index contributed by atoms with van der Waals surface area (Å²) in [6.07, 6.45) is 1.98. The van der Waals surface area contributed by atoms with E-state index in [2.05, 4.69) is 10.6 Å². The van der Waals surface area contributed by atoms with E-state index in [1.807, 2.05) is 0 Å². The molecule has 0 aliphatic carbocycles. The van der Waals surface area contributed by atoms with Gasteiger partial charge >= 0.3 is 0 Å². The number of rotatable bonds is 7. The summed E-state index contributed by atoms with van der Waals surface area (Å²) in [5.74, 6) is -0.750. The smallest absolute Gasteiger partial charge is 0.262 e. The van der Waals surface area contributed by atoms with Crippen molar-refractivity contribution in [3.05, 3.63) is 59.9 Å². The fraction of sp³-hybridized carbons (Fsp3) is 0.300. The van der Waals surface area contributed by atoms with E-state index >= 15 is 0 Å². The van der Waals surface area contributed by atoms with Crippen molar-refractivity contribution in [3.63, 3.8) is 0 Å². The standard InChI is InChI=1S/C20H21FN2O4/c21-14-7-9-15(10-8-14)23-19(24)13-27-18-6-2-1-5-17(18)20(25)22-12-16-4-3-11-26-16/h1-2,5-10,16H,3-4,11-13H2,(H,22,25)(H,23,24)/t16-/m0/s1. The minimum Gasteiger partial charge on any atom is -0.483 e. The third-order valence-electron chi connectivity index (χ3n) is 4.13. The molecule has 6 nitrogen and oxygen atoms in total. The molecule has 0 aromatic heterocycles. The van der Waals surface area contributed by atoms with Crippen LogP contribution in [0.3, 0.4) is 0 Å². The van der Waals surface area contributed by atoms with E-state index in [4.69, 9.17) is 9.47 Å². The first-order valence-corrected chi connectivity index (χ1v) is 8.79. The van der Waals surface area contributed by atoms with Crippen molar-refractivity contribution in [1.29, 1.82) is 0 Å². The van der Waals surface area contributed by atoms with Crippen LogP contribution in [-0.4, -0.2) is 37.7 Å². The first-order chi connectivity index (χ1) is 13.1. The third-order valence-corrected chi connectivity index (χ3v) is 4.13. The van der Waals surface area contributed by atoms with Gasteiger partial charge in [-0.2, -0.15) is 0 Å². The Labute approximate surface area is 156 Å². The lowest BCUT2D eigenvalue weighted by atomic mass is 10.1. The number of hydrogen-bond donors (Lipinski definition) is 2. The van der Waals surface area contributed by atoms with Crippen LogP contribution in [0, 0.1) is 5.82 Å². The van der Waals surface area contributed by atoms with Crippen LogP contribution >= 0.6 is 0 Å². The number of carbonyl (C=O) groups is 2. The van der Waals surface area contributed by atoms with Crippen molar-refractivity contribution in [2.45, 2.75) is 18.9 Å². The molecule has 1 aliphatic rings. The number of carbonyl (C=O) groups excluding carboxylic acids is 2. The Morgan fingerprint density at radius 3 is 2.67 bits per heavy atom. The molecular weight excluding hydrogens is 351 g/mol. The fourth-order valence-electron chi connectivity index (χ4n) is 2.76. The Hall–Kier alpha value is -2.93. The SMILES string of the molecule is O=C(COc1ccccc1C(=O)NC[C@@H]1CCCO1)Nc1ccc(F)cc1. The average Bonchev–Trinajstić information content (AvgIpc) is 3.20. The zero-order valence-corrected chi connectivity index (χ0v) is 14.7. The molecule has 1 heterocycles. The Morgan fingerprint density at radius 1 is 1.15 bits per heavy atom. The molecular formula is C20H21FN2O4. The maximum atomic E-state index is 12.9. The fourth-order valence-corrected chi connectivity index (χ4v) is 2.76. The molecule has 27 heavy (non-hydrogen) atoms. The van der Waals surface area contributed by atoms with Crippen LogP contribution in [0.5, 0.6) is 5.75 Å². The number of amides is 2. The van der Waals surface area contributed by atoms with Crippen LogP contribution in [-0.2, 0) is 9.53 Å². The maximum Gasteiger partial charge on any atom is 0.262 e. The highest BCUT2D eigenvalue weighted by atomic mass is 19.1. The predicted octanol–water partition coefficient (Wildman–Crippen LogP) is 2.75. The van der Waals surface area contributed by atoms with Crippen molar-refractivity contribution in [1.82, 2.24) is 5.32 Å². The molecule has 2 amide bonds. The van der Waals surface area contributed by atoms with Gasteiger partial charge in [0.15, 0.2) is 6.61 Å². The second-order valence-electron chi connectivity index (χ2n) is 6.18. The lowest BCUT2D eigenvalue weighted by Crippen LogP contribution is -2.32. The van der Waals surface area contributed by atoms with E-state index in [0.29, 0.717) is 23.5 Å². The predicted molar refractivity (Wildman–Crippen MR) is 98.3 cm³/mol. The van der Waals surface area contributed by atoms with Crippen LogP contribution < -0.4 is 15.4 Å². The van der Waals surface area contributed by atoms with Crippen LogP contribution in [0.1, 0.15) is 23.2 Å². The number of halogens is 1. The van der Waals surface area contributed by atoms with E-state index in [0.717, 1.165) is 19.4 Å². The van der Waals surface area contributed by atoms with E-state index < -0.39 is 5.91 Å². The van der Waals surface area contributed by atoms with Gasteiger partial charge in [0.2, 0.25) is 0 Å². The zero-order chi connectivity index (χ0) is 19.1. The van der Waals surface area contributed by atoms with Gasteiger partial charge in [-0.1, -0.05) is 12.1 Å². The lowest BCUT2D eigenvalue weighted by Gasteiger charge is -2.14. The summed E-state index contributed by atoms with van der Waals surface area (Å²) in [7, 11) is 0. The molecule has 142 valence electrons. The minimum atomic E-state index is -0.406. The van der Waals surface area contributed by atoms with Crippen LogP contribution in [0.4, 0.5) is 10.1 Å². The number of benzene rings is 2. The zero-order valence-electron chi connectivity index (χ0n) is 14.7. The molecule has 0 unspecified atom stereocenters. The van der Waals surface area contributed by atoms with Crippen molar-refractivity contribution < 1.29 is 23.5 Å². The summed E-state index contributed by atoms with van der Waals surface area (Å²) in [6, 6.07) is 12.1. The van der Waals surface area contributed by atoms with Gasteiger partial charge in [0.1, 0.15) is 11.6 Å². The van der Waals surface area contributed by atoms with Gasteiger partial charge in [0, 0.05) is 18.8 Å². The number of ether oxygens (including phenoxy) is 2. The number of anilines is 1. The van der Waals surface area contributed by atoms with Crippen LogP contribution in [0.25, 0.3) is 0 Å². The summed E-state index contributed by atoms with van der Waals surface area (Å²) < 4.78 is 23.9. The first-order valence-electron chi connectivity index (χ1n) is 8.79. The van der Waals surface area contributed by atoms with Crippen molar-refractivity contribution in [2.24, 2.45) is 0 Å². The lowest BCUT2D eigenvalue weighted by molar-refractivity contribution is -0.118.